The maximum absolute atomic E-state index is 12.7. The molecule has 0 saturated heterocycles. The Morgan fingerprint density at radius 2 is 1.96 bits per heavy atom. The summed E-state index contributed by atoms with van der Waals surface area (Å²) in [6.07, 6.45) is 0. The molecule has 6 nitrogen and oxygen atoms in total. The van der Waals surface area contributed by atoms with Crippen LogP contribution in [0.25, 0.3) is 10.4 Å². The van der Waals surface area contributed by atoms with E-state index in [9.17, 15) is 9.59 Å². The molecule has 0 saturated carbocycles. The van der Waals surface area contributed by atoms with Crippen molar-refractivity contribution >= 4 is 51.3 Å². The van der Waals surface area contributed by atoms with E-state index in [4.69, 9.17) is 4.74 Å². The summed E-state index contributed by atoms with van der Waals surface area (Å²) in [5, 5.41) is 11.8. The van der Waals surface area contributed by atoms with Crippen molar-refractivity contribution in [2.75, 3.05) is 11.9 Å². The quantitative estimate of drug-likeness (QED) is 0.423. The van der Waals surface area contributed by atoms with Crippen LogP contribution in [-0.2, 0) is 9.53 Å². The van der Waals surface area contributed by atoms with Crippen LogP contribution in [0, 0.1) is 6.92 Å². The topological polar surface area (TPSA) is 81.2 Å². The number of carbonyl (C=O) groups is 2. The van der Waals surface area contributed by atoms with Crippen LogP contribution in [0.2, 0.25) is 0 Å². The number of aryl methyl sites for hydroxylation is 1. The number of hydrogen-bond donors (Lipinski definition) is 1. The Morgan fingerprint density at radius 3 is 2.61 bits per heavy atom. The van der Waals surface area contributed by atoms with Gasteiger partial charge in [0, 0.05) is 4.88 Å². The fourth-order valence-electron chi connectivity index (χ4n) is 2.33. The average molecular weight is 434 g/mol. The van der Waals surface area contributed by atoms with Gasteiger partial charge in [-0.15, -0.1) is 21.5 Å². The average Bonchev–Trinajstić information content (AvgIpc) is 3.29. The van der Waals surface area contributed by atoms with Crippen LogP contribution in [0.5, 0.6) is 0 Å². The lowest BCUT2D eigenvalue weighted by Gasteiger charge is -2.10. The standard InChI is InChI=1S/C19H19N3O3S3/c1-4-25-18(24)14-10-15(13-8-6-5-7-9-13)28-17(14)20-16(23)11(2)26-19-22-21-12(3)27-19/h5-11H,4H2,1-3H3,(H,20,23)/t11-/m1/s1. The van der Waals surface area contributed by atoms with Crippen molar-refractivity contribution in [3.63, 3.8) is 0 Å². The third-order valence-electron chi connectivity index (χ3n) is 3.68. The van der Waals surface area contributed by atoms with Crippen molar-refractivity contribution < 1.29 is 14.3 Å². The Hall–Kier alpha value is -2.23. The van der Waals surface area contributed by atoms with Crippen LogP contribution in [-0.4, -0.2) is 33.9 Å². The van der Waals surface area contributed by atoms with Crippen molar-refractivity contribution in [2.45, 2.75) is 30.4 Å². The van der Waals surface area contributed by atoms with Crippen LogP contribution >= 0.6 is 34.4 Å². The van der Waals surface area contributed by atoms with Gasteiger partial charge in [-0.2, -0.15) is 0 Å². The molecule has 3 rings (SSSR count). The van der Waals surface area contributed by atoms with Crippen LogP contribution in [0.3, 0.4) is 0 Å². The summed E-state index contributed by atoms with van der Waals surface area (Å²) in [5.41, 5.74) is 1.34. The van der Waals surface area contributed by atoms with Gasteiger partial charge in [-0.3, -0.25) is 4.79 Å². The summed E-state index contributed by atoms with van der Waals surface area (Å²) >= 11 is 4.14. The molecule has 0 unspecified atom stereocenters. The van der Waals surface area contributed by atoms with Crippen molar-refractivity contribution in [2.24, 2.45) is 0 Å². The third-order valence-corrected chi connectivity index (χ3v) is 6.80. The summed E-state index contributed by atoms with van der Waals surface area (Å²) in [6.45, 7) is 5.69. The summed E-state index contributed by atoms with van der Waals surface area (Å²) in [4.78, 5) is 25.9. The molecule has 2 aromatic heterocycles. The van der Waals surface area contributed by atoms with Crippen LogP contribution in [0.1, 0.15) is 29.2 Å². The number of nitrogens with one attached hydrogen (secondary N) is 1. The molecule has 0 aliphatic rings. The lowest BCUT2D eigenvalue weighted by molar-refractivity contribution is -0.115. The van der Waals surface area contributed by atoms with E-state index in [0.717, 1.165) is 19.8 Å². The van der Waals surface area contributed by atoms with E-state index < -0.39 is 5.97 Å². The summed E-state index contributed by atoms with van der Waals surface area (Å²) < 4.78 is 5.89. The molecule has 0 aliphatic carbocycles. The van der Waals surface area contributed by atoms with Gasteiger partial charge in [0.05, 0.1) is 17.4 Å². The first kappa shape index (κ1) is 20.5. The predicted molar refractivity (Wildman–Crippen MR) is 114 cm³/mol. The van der Waals surface area contributed by atoms with Gasteiger partial charge in [0.2, 0.25) is 5.91 Å². The number of esters is 1. The van der Waals surface area contributed by atoms with Gasteiger partial charge in [0.1, 0.15) is 10.0 Å². The van der Waals surface area contributed by atoms with Gasteiger partial charge in [0.25, 0.3) is 0 Å². The molecule has 1 N–H and O–H groups in total. The minimum absolute atomic E-state index is 0.204. The SMILES string of the molecule is CCOC(=O)c1cc(-c2ccccc2)sc1NC(=O)[C@@H](C)Sc1nnc(C)s1. The Morgan fingerprint density at radius 1 is 1.21 bits per heavy atom. The summed E-state index contributed by atoms with van der Waals surface area (Å²) in [7, 11) is 0. The number of hydrogen-bond acceptors (Lipinski definition) is 8. The highest BCUT2D eigenvalue weighted by Crippen LogP contribution is 2.36. The predicted octanol–water partition coefficient (Wildman–Crippen LogP) is 4.87. The zero-order valence-corrected chi connectivity index (χ0v) is 18.0. The maximum Gasteiger partial charge on any atom is 0.341 e. The highest BCUT2D eigenvalue weighted by molar-refractivity contribution is 8.02. The number of rotatable bonds is 7. The molecule has 146 valence electrons. The lowest BCUT2D eigenvalue weighted by atomic mass is 10.1. The molecule has 1 atom stereocenters. The van der Waals surface area contributed by atoms with Crippen molar-refractivity contribution in [1.29, 1.82) is 0 Å². The third kappa shape index (κ3) is 4.98. The molecule has 3 aromatic rings. The highest BCUT2D eigenvalue weighted by Gasteiger charge is 2.23. The lowest BCUT2D eigenvalue weighted by Crippen LogP contribution is -2.23. The van der Waals surface area contributed by atoms with E-state index >= 15 is 0 Å². The Labute approximate surface area is 175 Å². The van der Waals surface area contributed by atoms with Crippen molar-refractivity contribution in [3.8, 4) is 10.4 Å². The zero-order valence-electron chi connectivity index (χ0n) is 15.6. The number of amides is 1. The smallest absolute Gasteiger partial charge is 0.341 e. The first-order valence-corrected chi connectivity index (χ1v) is 11.1. The zero-order chi connectivity index (χ0) is 20.1. The number of thiophene rings is 1. The second-order valence-electron chi connectivity index (χ2n) is 5.78. The van der Waals surface area contributed by atoms with Crippen molar-refractivity contribution in [1.82, 2.24) is 10.2 Å². The van der Waals surface area contributed by atoms with Gasteiger partial charge in [0.15, 0.2) is 4.34 Å². The minimum atomic E-state index is -0.448. The van der Waals surface area contributed by atoms with E-state index in [0.29, 0.717) is 10.6 Å². The Kier molecular flexibility index (Phi) is 6.82. The fraction of sp³-hybridized carbons (Fsp3) is 0.263. The molecule has 28 heavy (non-hydrogen) atoms. The number of carbonyl (C=O) groups excluding carboxylic acids is 2. The summed E-state index contributed by atoms with van der Waals surface area (Å²) in [6, 6.07) is 11.5. The second-order valence-corrected chi connectivity index (χ2v) is 9.60. The molecule has 9 heteroatoms. The number of ether oxygens (including phenoxy) is 1. The van der Waals surface area contributed by atoms with E-state index in [1.807, 2.05) is 37.3 Å². The van der Waals surface area contributed by atoms with E-state index in [1.165, 1.54) is 34.4 Å². The first-order valence-electron chi connectivity index (χ1n) is 8.62. The van der Waals surface area contributed by atoms with Crippen LogP contribution in [0.4, 0.5) is 5.00 Å². The number of thioether (sulfide) groups is 1. The molecule has 2 heterocycles. The van der Waals surface area contributed by atoms with Gasteiger partial charge >= 0.3 is 5.97 Å². The van der Waals surface area contributed by atoms with Gasteiger partial charge in [-0.05, 0) is 32.4 Å². The molecule has 1 amide bonds. The number of benzene rings is 1. The molecule has 0 radical (unpaired) electrons. The molecule has 0 bridgehead atoms. The molecular formula is C19H19N3O3S3. The molecule has 0 aliphatic heterocycles. The van der Waals surface area contributed by atoms with E-state index in [2.05, 4.69) is 15.5 Å². The maximum atomic E-state index is 12.7. The molecule has 0 spiro atoms. The van der Waals surface area contributed by atoms with Crippen molar-refractivity contribution in [3.05, 3.63) is 47.0 Å². The Bertz CT molecular complexity index is 969. The molecule has 0 fully saturated rings. The Balaban J connectivity index is 1.81. The first-order chi connectivity index (χ1) is 13.5. The van der Waals surface area contributed by atoms with Gasteiger partial charge < -0.3 is 10.1 Å². The van der Waals surface area contributed by atoms with Gasteiger partial charge in [-0.1, -0.05) is 53.4 Å². The molecular weight excluding hydrogens is 414 g/mol. The van der Waals surface area contributed by atoms with Crippen LogP contribution in [0.15, 0.2) is 40.7 Å². The number of nitrogens with zero attached hydrogens (tertiary/aromatic N) is 2. The normalized spacial score (nSPS) is 11.8. The van der Waals surface area contributed by atoms with E-state index in [-0.39, 0.29) is 17.8 Å². The minimum Gasteiger partial charge on any atom is -0.462 e. The van der Waals surface area contributed by atoms with E-state index in [1.54, 1.807) is 19.9 Å². The second kappa shape index (κ2) is 9.31. The highest BCUT2D eigenvalue weighted by atomic mass is 32.2. The van der Waals surface area contributed by atoms with Gasteiger partial charge in [-0.25, -0.2) is 4.79 Å². The number of anilines is 1. The fourth-order valence-corrected chi connectivity index (χ4v) is 5.35. The van der Waals surface area contributed by atoms with Crippen LogP contribution < -0.4 is 5.32 Å². The summed E-state index contributed by atoms with van der Waals surface area (Å²) in [5.74, 6) is -0.652. The molecule has 1 aromatic carbocycles. The number of aromatic nitrogens is 2. The largest absolute Gasteiger partial charge is 0.462 e. The monoisotopic (exact) mass is 433 g/mol.